The van der Waals surface area contributed by atoms with Crippen molar-refractivity contribution in [2.24, 2.45) is 5.92 Å². The minimum absolute atomic E-state index is 0.902. The van der Waals surface area contributed by atoms with Crippen LogP contribution < -0.4 is 0 Å². The van der Waals surface area contributed by atoms with Crippen molar-refractivity contribution in [3.63, 3.8) is 0 Å². The monoisotopic (exact) mass is 218 g/mol. The van der Waals surface area contributed by atoms with E-state index in [1.807, 2.05) is 0 Å². The highest BCUT2D eigenvalue weighted by Crippen LogP contribution is 2.27. The van der Waals surface area contributed by atoms with Crippen molar-refractivity contribution < 1.29 is 0 Å². The van der Waals surface area contributed by atoms with Gasteiger partial charge in [0.05, 0.1) is 6.20 Å². The van der Waals surface area contributed by atoms with Gasteiger partial charge in [0.2, 0.25) is 0 Å². The zero-order chi connectivity index (χ0) is 10.8. The molecular weight excluding hydrogens is 196 g/mol. The standard InChI is InChI=1S/C14H22N2/c1-2-6-12(7-3-1)11-16-14-9-5-4-8-13(14)10-15-16/h10,12H,1-9,11H2. The van der Waals surface area contributed by atoms with Gasteiger partial charge in [-0.2, -0.15) is 5.10 Å². The molecule has 2 nitrogen and oxygen atoms in total. The first-order valence-electron chi connectivity index (χ1n) is 6.97. The molecule has 0 amide bonds. The molecule has 16 heavy (non-hydrogen) atoms. The van der Waals surface area contributed by atoms with Gasteiger partial charge in [-0.1, -0.05) is 19.3 Å². The molecular formula is C14H22N2. The van der Waals surface area contributed by atoms with Gasteiger partial charge in [-0.3, -0.25) is 4.68 Å². The summed E-state index contributed by atoms with van der Waals surface area (Å²) < 4.78 is 2.32. The lowest BCUT2D eigenvalue weighted by Gasteiger charge is -2.23. The SMILES string of the molecule is c1nn(CC2CCCCC2)c2c1CCCC2. The summed E-state index contributed by atoms with van der Waals surface area (Å²) in [6.45, 7) is 1.19. The van der Waals surface area contributed by atoms with Crippen LogP contribution in [0.2, 0.25) is 0 Å². The Labute approximate surface area is 98.0 Å². The third-order valence-electron chi connectivity index (χ3n) is 4.30. The molecule has 1 aromatic rings. The molecule has 2 heteroatoms. The van der Waals surface area contributed by atoms with E-state index in [0.717, 1.165) is 5.92 Å². The van der Waals surface area contributed by atoms with Crippen LogP contribution >= 0.6 is 0 Å². The zero-order valence-corrected chi connectivity index (χ0v) is 10.1. The van der Waals surface area contributed by atoms with Crippen LogP contribution in [0.3, 0.4) is 0 Å². The second-order valence-corrected chi connectivity index (χ2v) is 5.51. The highest BCUT2D eigenvalue weighted by Gasteiger charge is 2.19. The molecule has 3 rings (SSSR count). The Balaban J connectivity index is 1.71. The second-order valence-electron chi connectivity index (χ2n) is 5.51. The molecule has 0 saturated heterocycles. The number of fused-ring (bicyclic) bond motifs is 1. The van der Waals surface area contributed by atoms with E-state index in [4.69, 9.17) is 0 Å². The van der Waals surface area contributed by atoms with Gasteiger partial charge < -0.3 is 0 Å². The van der Waals surface area contributed by atoms with E-state index in [1.54, 1.807) is 5.69 Å². The van der Waals surface area contributed by atoms with E-state index in [0.29, 0.717) is 0 Å². The number of nitrogens with zero attached hydrogens (tertiary/aromatic N) is 2. The average Bonchev–Trinajstić information content (AvgIpc) is 2.74. The lowest BCUT2D eigenvalue weighted by atomic mass is 9.89. The molecule has 1 fully saturated rings. The Morgan fingerprint density at radius 1 is 1.06 bits per heavy atom. The molecule has 0 aromatic carbocycles. The molecule has 0 N–H and O–H groups in total. The third-order valence-corrected chi connectivity index (χ3v) is 4.30. The van der Waals surface area contributed by atoms with Gasteiger partial charge in [-0.05, 0) is 50.0 Å². The van der Waals surface area contributed by atoms with Crippen LogP contribution in [-0.4, -0.2) is 9.78 Å². The molecule has 0 radical (unpaired) electrons. The van der Waals surface area contributed by atoms with Crippen molar-refractivity contribution >= 4 is 0 Å². The van der Waals surface area contributed by atoms with Crippen LogP contribution in [-0.2, 0) is 19.4 Å². The predicted molar refractivity (Wildman–Crippen MR) is 65.4 cm³/mol. The minimum atomic E-state index is 0.902. The molecule has 0 atom stereocenters. The topological polar surface area (TPSA) is 17.8 Å². The summed E-state index contributed by atoms with van der Waals surface area (Å²) in [6, 6.07) is 0. The van der Waals surface area contributed by atoms with Gasteiger partial charge in [0.1, 0.15) is 0 Å². The fraction of sp³-hybridized carbons (Fsp3) is 0.786. The van der Waals surface area contributed by atoms with Crippen LogP contribution in [0.4, 0.5) is 0 Å². The second kappa shape index (κ2) is 4.60. The molecule has 88 valence electrons. The summed E-state index contributed by atoms with van der Waals surface area (Å²) in [5.41, 5.74) is 3.08. The number of aromatic nitrogens is 2. The molecule has 1 aromatic heterocycles. The summed E-state index contributed by atoms with van der Waals surface area (Å²) in [7, 11) is 0. The fourth-order valence-corrected chi connectivity index (χ4v) is 3.33. The molecule has 2 aliphatic rings. The van der Waals surface area contributed by atoms with Crippen LogP contribution in [0.25, 0.3) is 0 Å². The summed E-state index contributed by atoms with van der Waals surface area (Å²) in [5.74, 6) is 0.902. The first kappa shape index (κ1) is 10.4. The van der Waals surface area contributed by atoms with Gasteiger partial charge in [-0.15, -0.1) is 0 Å². The normalized spacial score (nSPS) is 22.0. The van der Waals surface area contributed by atoms with E-state index in [-0.39, 0.29) is 0 Å². The van der Waals surface area contributed by atoms with E-state index in [9.17, 15) is 0 Å². The molecule has 0 bridgehead atoms. The van der Waals surface area contributed by atoms with Gasteiger partial charge in [0, 0.05) is 12.2 Å². The maximum absolute atomic E-state index is 4.61. The first-order valence-corrected chi connectivity index (χ1v) is 6.97. The Morgan fingerprint density at radius 3 is 2.75 bits per heavy atom. The Morgan fingerprint density at radius 2 is 1.88 bits per heavy atom. The molecule has 0 unspecified atom stereocenters. The lowest BCUT2D eigenvalue weighted by Crippen LogP contribution is -2.18. The van der Waals surface area contributed by atoms with Crippen molar-refractivity contribution in [1.82, 2.24) is 9.78 Å². The van der Waals surface area contributed by atoms with Crippen molar-refractivity contribution in [2.45, 2.75) is 64.3 Å². The number of aryl methyl sites for hydroxylation is 1. The van der Waals surface area contributed by atoms with E-state index >= 15 is 0 Å². The summed E-state index contributed by atoms with van der Waals surface area (Å²) in [4.78, 5) is 0. The maximum atomic E-state index is 4.61. The molecule has 2 aliphatic carbocycles. The Hall–Kier alpha value is -0.790. The summed E-state index contributed by atoms with van der Waals surface area (Å²) in [6.07, 6.45) is 14.6. The van der Waals surface area contributed by atoms with Gasteiger partial charge in [-0.25, -0.2) is 0 Å². The zero-order valence-electron chi connectivity index (χ0n) is 10.1. The van der Waals surface area contributed by atoms with E-state index in [2.05, 4.69) is 16.0 Å². The first-order chi connectivity index (χ1) is 7.93. The van der Waals surface area contributed by atoms with Crippen molar-refractivity contribution in [3.05, 3.63) is 17.5 Å². The third kappa shape index (κ3) is 2.02. The highest BCUT2D eigenvalue weighted by atomic mass is 15.3. The van der Waals surface area contributed by atoms with E-state index in [1.165, 1.54) is 69.9 Å². The quantitative estimate of drug-likeness (QED) is 0.744. The smallest absolute Gasteiger partial charge is 0.0524 e. The highest BCUT2D eigenvalue weighted by molar-refractivity contribution is 5.20. The fourth-order valence-electron chi connectivity index (χ4n) is 3.33. The lowest BCUT2D eigenvalue weighted by molar-refractivity contribution is 0.303. The van der Waals surface area contributed by atoms with Gasteiger partial charge in [0.15, 0.2) is 0 Å². The Kier molecular flexibility index (Phi) is 2.98. The average molecular weight is 218 g/mol. The maximum Gasteiger partial charge on any atom is 0.0524 e. The minimum Gasteiger partial charge on any atom is -0.269 e. The van der Waals surface area contributed by atoms with Gasteiger partial charge >= 0.3 is 0 Å². The van der Waals surface area contributed by atoms with Crippen LogP contribution in [0.1, 0.15) is 56.2 Å². The Bertz CT molecular complexity index is 348. The molecule has 0 spiro atoms. The van der Waals surface area contributed by atoms with Crippen molar-refractivity contribution in [3.8, 4) is 0 Å². The predicted octanol–water partition coefficient (Wildman–Crippen LogP) is 3.34. The van der Waals surface area contributed by atoms with Gasteiger partial charge in [0.25, 0.3) is 0 Å². The summed E-state index contributed by atoms with van der Waals surface area (Å²) >= 11 is 0. The van der Waals surface area contributed by atoms with Crippen LogP contribution in [0, 0.1) is 5.92 Å². The van der Waals surface area contributed by atoms with Crippen LogP contribution in [0.5, 0.6) is 0 Å². The van der Waals surface area contributed by atoms with Crippen molar-refractivity contribution in [1.29, 1.82) is 0 Å². The largest absolute Gasteiger partial charge is 0.269 e. The van der Waals surface area contributed by atoms with E-state index < -0.39 is 0 Å². The number of hydrogen-bond donors (Lipinski definition) is 0. The van der Waals surface area contributed by atoms with Crippen molar-refractivity contribution in [2.75, 3.05) is 0 Å². The summed E-state index contributed by atoms with van der Waals surface area (Å²) in [5, 5.41) is 4.61. The molecule has 1 saturated carbocycles. The number of rotatable bonds is 2. The van der Waals surface area contributed by atoms with Crippen LogP contribution in [0.15, 0.2) is 6.20 Å². The molecule has 1 heterocycles. The molecule has 0 aliphatic heterocycles. The number of hydrogen-bond acceptors (Lipinski definition) is 1.